The predicted octanol–water partition coefficient (Wildman–Crippen LogP) is 2.56. The molecule has 0 atom stereocenters. The number of hydrogen-bond acceptors (Lipinski definition) is 3. The van der Waals surface area contributed by atoms with E-state index < -0.39 is 0 Å². The van der Waals surface area contributed by atoms with Crippen molar-refractivity contribution in [3.8, 4) is 5.75 Å². The summed E-state index contributed by atoms with van der Waals surface area (Å²) in [6.07, 6.45) is 4.54. The zero-order chi connectivity index (χ0) is 13.5. The smallest absolute Gasteiger partial charge is 0.122 e. The molecule has 3 nitrogen and oxygen atoms in total. The average Bonchev–Trinajstić information content (AvgIpc) is 3.22. The van der Waals surface area contributed by atoms with Crippen LogP contribution in [0.3, 0.4) is 0 Å². The Balaban J connectivity index is 1.86. The quantitative estimate of drug-likeness (QED) is 0.696. The fourth-order valence-electron chi connectivity index (χ4n) is 2.16. The van der Waals surface area contributed by atoms with Crippen LogP contribution in [0.1, 0.15) is 30.9 Å². The van der Waals surface area contributed by atoms with E-state index in [1.807, 2.05) is 6.92 Å². The fourth-order valence-corrected chi connectivity index (χ4v) is 2.16. The second-order valence-electron chi connectivity index (χ2n) is 5.18. The highest BCUT2D eigenvalue weighted by molar-refractivity contribution is 5.37. The molecule has 1 saturated carbocycles. The van der Waals surface area contributed by atoms with Crippen LogP contribution in [-0.2, 0) is 17.6 Å². The second kappa shape index (κ2) is 7.51. The normalized spacial score (nSPS) is 14.6. The van der Waals surface area contributed by atoms with Crippen LogP contribution in [0, 0.1) is 5.92 Å². The Morgan fingerprint density at radius 3 is 2.79 bits per heavy atom. The molecule has 0 unspecified atom stereocenters. The minimum Gasteiger partial charge on any atom is -0.494 e. The molecule has 1 aromatic rings. The summed E-state index contributed by atoms with van der Waals surface area (Å²) < 4.78 is 11.3. The summed E-state index contributed by atoms with van der Waals surface area (Å²) in [5, 5.41) is 0. The van der Waals surface area contributed by atoms with Crippen LogP contribution in [-0.4, -0.2) is 26.4 Å². The van der Waals surface area contributed by atoms with Crippen LogP contribution in [0.25, 0.3) is 0 Å². The summed E-state index contributed by atoms with van der Waals surface area (Å²) in [5.41, 5.74) is 8.18. The zero-order valence-corrected chi connectivity index (χ0v) is 11.9. The summed E-state index contributed by atoms with van der Waals surface area (Å²) in [6, 6.07) is 6.40. The fraction of sp³-hybridized carbons (Fsp3) is 0.625. The molecule has 1 fully saturated rings. The lowest BCUT2D eigenvalue weighted by molar-refractivity contribution is 0.127. The first-order valence-corrected chi connectivity index (χ1v) is 7.36. The topological polar surface area (TPSA) is 44.5 Å². The minimum atomic E-state index is 0.654. The van der Waals surface area contributed by atoms with Gasteiger partial charge in [-0.05, 0) is 62.3 Å². The number of benzene rings is 1. The highest BCUT2D eigenvalue weighted by Gasteiger charge is 2.20. The van der Waals surface area contributed by atoms with Gasteiger partial charge in [0.25, 0.3) is 0 Å². The van der Waals surface area contributed by atoms with Gasteiger partial charge in [-0.3, -0.25) is 0 Å². The molecule has 1 aliphatic rings. The molecule has 19 heavy (non-hydrogen) atoms. The summed E-state index contributed by atoms with van der Waals surface area (Å²) in [6.45, 7) is 5.11. The highest BCUT2D eigenvalue weighted by atomic mass is 16.5. The van der Waals surface area contributed by atoms with Crippen LogP contribution in [0.15, 0.2) is 18.2 Å². The molecule has 0 amide bonds. The van der Waals surface area contributed by atoms with E-state index in [1.54, 1.807) is 0 Å². The minimum absolute atomic E-state index is 0.654. The monoisotopic (exact) mass is 263 g/mol. The number of rotatable bonds is 9. The molecule has 2 N–H and O–H groups in total. The Hall–Kier alpha value is -1.06. The first-order valence-electron chi connectivity index (χ1n) is 7.36. The van der Waals surface area contributed by atoms with Gasteiger partial charge in [-0.15, -0.1) is 0 Å². The molecule has 2 rings (SSSR count). The lowest BCUT2D eigenvalue weighted by Gasteiger charge is -2.12. The second-order valence-corrected chi connectivity index (χ2v) is 5.18. The molecular weight excluding hydrogens is 238 g/mol. The van der Waals surface area contributed by atoms with E-state index in [-0.39, 0.29) is 0 Å². The van der Waals surface area contributed by atoms with Crippen LogP contribution in [0.5, 0.6) is 5.75 Å². The summed E-state index contributed by atoms with van der Waals surface area (Å²) in [4.78, 5) is 0. The lowest BCUT2D eigenvalue weighted by atomic mass is 10.0. The van der Waals surface area contributed by atoms with Crippen molar-refractivity contribution < 1.29 is 9.47 Å². The van der Waals surface area contributed by atoms with Crippen molar-refractivity contribution in [3.63, 3.8) is 0 Å². The predicted molar refractivity (Wildman–Crippen MR) is 77.6 cm³/mol. The average molecular weight is 263 g/mol. The third-order valence-corrected chi connectivity index (χ3v) is 3.42. The third-order valence-electron chi connectivity index (χ3n) is 3.42. The highest BCUT2D eigenvalue weighted by Crippen LogP contribution is 2.28. The van der Waals surface area contributed by atoms with Crippen molar-refractivity contribution in [1.29, 1.82) is 0 Å². The van der Waals surface area contributed by atoms with Gasteiger partial charge < -0.3 is 15.2 Å². The molecule has 106 valence electrons. The molecule has 0 radical (unpaired) electrons. The maximum Gasteiger partial charge on any atom is 0.122 e. The number of ether oxygens (including phenoxy) is 2. The van der Waals surface area contributed by atoms with E-state index in [0.717, 1.165) is 37.7 Å². The first kappa shape index (κ1) is 14.4. The van der Waals surface area contributed by atoms with Crippen molar-refractivity contribution in [2.75, 3.05) is 26.4 Å². The van der Waals surface area contributed by atoms with Gasteiger partial charge in [0.15, 0.2) is 0 Å². The maximum absolute atomic E-state index is 5.68. The lowest BCUT2D eigenvalue weighted by Crippen LogP contribution is -2.07. The number of nitrogens with two attached hydrogens (primary N) is 1. The maximum atomic E-state index is 5.68. The van der Waals surface area contributed by atoms with Crippen LogP contribution in [0.2, 0.25) is 0 Å². The molecule has 0 aromatic heterocycles. The van der Waals surface area contributed by atoms with Crippen LogP contribution < -0.4 is 10.5 Å². The van der Waals surface area contributed by atoms with Gasteiger partial charge in [0.2, 0.25) is 0 Å². The van der Waals surface area contributed by atoms with Gasteiger partial charge in [-0.1, -0.05) is 12.1 Å². The van der Waals surface area contributed by atoms with Crippen molar-refractivity contribution in [1.82, 2.24) is 0 Å². The van der Waals surface area contributed by atoms with E-state index in [4.69, 9.17) is 15.2 Å². The van der Waals surface area contributed by atoms with E-state index >= 15 is 0 Å². The van der Waals surface area contributed by atoms with Gasteiger partial charge in [0.1, 0.15) is 5.75 Å². The van der Waals surface area contributed by atoms with Crippen LogP contribution >= 0.6 is 0 Å². The Kier molecular flexibility index (Phi) is 5.67. The standard InChI is InChI=1S/C16H25NO2/c1-2-19-16-6-5-13(11-15(16)7-9-17)8-10-18-12-14-3-4-14/h5-6,11,14H,2-4,7-10,12,17H2,1H3. The molecule has 0 bridgehead atoms. The Bertz CT molecular complexity index is 388. The third kappa shape index (κ3) is 4.84. The van der Waals surface area contributed by atoms with E-state index in [0.29, 0.717) is 13.2 Å². The van der Waals surface area contributed by atoms with Crippen LogP contribution in [0.4, 0.5) is 0 Å². The van der Waals surface area contributed by atoms with E-state index in [9.17, 15) is 0 Å². The zero-order valence-electron chi connectivity index (χ0n) is 11.9. The largest absolute Gasteiger partial charge is 0.494 e. The van der Waals surface area contributed by atoms with Gasteiger partial charge in [0.05, 0.1) is 13.2 Å². The first-order chi connectivity index (χ1) is 9.33. The van der Waals surface area contributed by atoms with Gasteiger partial charge >= 0.3 is 0 Å². The van der Waals surface area contributed by atoms with Gasteiger partial charge in [-0.2, -0.15) is 0 Å². The van der Waals surface area contributed by atoms with Crippen molar-refractivity contribution in [3.05, 3.63) is 29.3 Å². The molecule has 0 spiro atoms. The summed E-state index contributed by atoms with van der Waals surface area (Å²) >= 11 is 0. The Morgan fingerprint density at radius 2 is 2.11 bits per heavy atom. The molecule has 0 saturated heterocycles. The Morgan fingerprint density at radius 1 is 1.26 bits per heavy atom. The summed E-state index contributed by atoms with van der Waals surface area (Å²) in [5.74, 6) is 1.81. The van der Waals surface area contributed by atoms with Crippen molar-refractivity contribution >= 4 is 0 Å². The van der Waals surface area contributed by atoms with E-state index in [1.165, 1.54) is 24.0 Å². The van der Waals surface area contributed by atoms with Crippen molar-refractivity contribution in [2.24, 2.45) is 11.7 Å². The SMILES string of the molecule is CCOc1ccc(CCOCC2CC2)cc1CCN. The van der Waals surface area contributed by atoms with Crippen molar-refractivity contribution in [2.45, 2.75) is 32.6 Å². The summed E-state index contributed by atoms with van der Waals surface area (Å²) in [7, 11) is 0. The molecule has 0 aliphatic heterocycles. The molecular formula is C16H25NO2. The Labute approximate surface area is 116 Å². The molecule has 1 aliphatic carbocycles. The number of hydrogen-bond donors (Lipinski definition) is 1. The molecule has 0 heterocycles. The van der Waals surface area contributed by atoms with Gasteiger partial charge in [-0.25, -0.2) is 0 Å². The van der Waals surface area contributed by atoms with E-state index in [2.05, 4.69) is 18.2 Å². The molecule has 1 aromatic carbocycles. The molecule has 3 heteroatoms. The van der Waals surface area contributed by atoms with Gasteiger partial charge in [0, 0.05) is 6.61 Å².